The van der Waals surface area contributed by atoms with E-state index in [9.17, 15) is 0 Å². The third-order valence-electron chi connectivity index (χ3n) is 1.59. The summed E-state index contributed by atoms with van der Waals surface area (Å²) in [6.45, 7) is 7.72. The van der Waals surface area contributed by atoms with Crippen molar-refractivity contribution in [3.05, 3.63) is 22.7 Å². The minimum Gasteiger partial charge on any atom is -0.323 e. The molecular weight excluding hydrogens is 170 g/mol. The molecule has 1 rings (SSSR count). The zero-order chi connectivity index (χ0) is 9.14. The maximum atomic E-state index is 5.91. The van der Waals surface area contributed by atoms with E-state index < -0.39 is 0 Å². The lowest BCUT2D eigenvalue weighted by molar-refractivity contribution is 0.723. The molecule has 0 fully saturated rings. The van der Waals surface area contributed by atoms with Gasteiger partial charge in [-0.3, -0.25) is 0 Å². The minimum atomic E-state index is 0.0162. The molecule has 66 valence electrons. The lowest BCUT2D eigenvalue weighted by Crippen LogP contribution is -2.09. The van der Waals surface area contributed by atoms with Crippen LogP contribution < -0.4 is 5.73 Å². The molecule has 0 saturated carbocycles. The van der Waals surface area contributed by atoms with Crippen molar-refractivity contribution in [2.24, 2.45) is 5.73 Å². The molecule has 0 saturated heterocycles. The quantitative estimate of drug-likeness (QED) is 0.727. The summed E-state index contributed by atoms with van der Waals surface area (Å²) in [7, 11) is 0. The fourth-order valence-corrected chi connectivity index (χ4v) is 1.69. The largest absolute Gasteiger partial charge is 0.323 e. The number of rotatable bonds is 3. The highest BCUT2D eigenvalue weighted by molar-refractivity contribution is 7.05. The van der Waals surface area contributed by atoms with Gasteiger partial charge in [0.05, 0.1) is 10.6 Å². The number of nitrogens with two attached hydrogens (primary N) is 1. The van der Waals surface area contributed by atoms with Gasteiger partial charge in [0.15, 0.2) is 0 Å². The second-order valence-electron chi connectivity index (χ2n) is 2.99. The minimum absolute atomic E-state index is 0.0162. The lowest BCUT2D eigenvalue weighted by atomic mass is 10.1. The SMILES string of the molecule is C=C(C)CC(N)c1snnc1C. The number of aryl methyl sites for hydroxylation is 1. The molecule has 12 heavy (non-hydrogen) atoms. The average Bonchev–Trinajstić information content (AvgIpc) is 2.33. The zero-order valence-corrected chi connectivity index (χ0v) is 8.19. The predicted molar refractivity (Wildman–Crippen MR) is 51.0 cm³/mol. The van der Waals surface area contributed by atoms with Crippen LogP contribution in [-0.2, 0) is 0 Å². The van der Waals surface area contributed by atoms with Gasteiger partial charge in [0.1, 0.15) is 0 Å². The molecule has 0 radical (unpaired) electrons. The zero-order valence-electron chi connectivity index (χ0n) is 7.37. The number of hydrogen-bond acceptors (Lipinski definition) is 4. The Morgan fingerprint density at radius 2 is 2.42 bits per heavy atom. The van der Waals surface area contributed by atoms with Crippen LogP contribution in [0.1, 0.15) is 30.0 Å². The van der Waals surface area contributed by atoms with Crippen molar-refractivity contribution in [2.75, 3.05) is 0 Å². The highest BCUT2D eigenvalue weighted by Gasteiger charge is 2.12. The number of nitrogens with zero attached hydrogens (tertiary/aromatic N) is 2. The molecule has 0 amide bonds. The maximum Gasteiger partial charge on any atom is 0.0772 e. The first-order valence-electron chi connectivity index (χ1n) is 3.80. The Morgan fingerprint density at radius 3 is 2.83 bits per heavy atom. The summed E-state index contributed by atoms with van der Waals surface area (Å²) in [5.41, 5.74) is 7.94. The van der Waals surface area contributed by atoms with E-state index in [1.54, 1.807) is 0 Å². The van der Waals surface area contributed by atoms with E-state index in [0.717, 1.165) is 22.6 Å². The third-order valence-corrected chi connectivity index (χ3v) is 2.55. The smallest absolute Gasteiger partial charge is 0.0772 e. The Balaban J connectivity index is 2.71. The van der Waals surface area contributed by atoms with Crippen LogP contribution in [0.5, 0.6) is 0 Å². The molecule has 0 aliphatic carbocycles. The molecule has 4 heteroatoms. The molecule has 2 N–H and O–H groups in total. The molecule has 0 aliphatic rings. The summed E-state index contributed by atoms with van der Waals surface area (Å²) in [5, 5.41) is 3.90. The van der Waals surface area contributed by atoms with Gasteiger partial charge in [-0.2, -0.15) is 0 Å². The maximum absolute atomic E-state index is 5.91. The monoisotopic (exact) mass is 183 g/mol. The van der Waals surface area contributed by atoms with Gasteiger partial charge in [0.25, 0.3) is 0 Å². The molecule has 1 atom stereocenters. The second-order valence-corrected chi connectivity index (χ2v) is 3.78. The van der Waals surface area contributed by atoms with E-state index in [2.05, 4.69) is 16.2 Å². The van der Waals surface area contributed by atoms with Crippen LogP contribution in [0.15, 0.2) is 12.2 Å². The summed E-state index contributed by atoms with van der Waals surface area (Å²) in [5.74, 6) is 0. The molecule has 3 nitrogen and oxygen atoms in total. The summed E-state index contributed by atoms with van der Waals surface area (Å²) in [6, 6.07) is 0.0162. The van der Waals surface area contributed by atoms with Crippen LogP contribution >= 0.6 is 11.5 Å². The van der Waals surface area contributed by atoms with E-state index in [0.29, 0.717) is 0 Å². The van der Waals surface area contributed by atoms with Crippen LogP contribution in [0.25, 0.3) is 0 Å². The third kappa shape index (κ3) is 2.12. The van der Waals surface area contributed by atoms with Crippen molar-refractivity contribution in [1.29, 1.82) is 0 Å². The summed E-state index contributed by atoms with van der Waals surface area (Å²) < 4.78 is 3.83. The van der Waals surface area contributed by atoms with Crippen LogP contribution in [0.4, 0.5) is 0 Å². The van der Waals surface area contributed by atoms with Crippen molar-refractivity contribution in [3.63, 3.8) is 0 Å². The van der Waals surface area contributed by atoms with Crippen LogP contribution in [-0.4, -0.2) is 9.59 Å². The van der Waals surface area contributed by atoms with Gasteiger partial charge >= 0.3 is 0 Å². The van der Waals surface area contributed by atoms with E-state index in [-0.39, 0.29) is 6.04 Å². The van der Waals surface area contributed by atoms with Crippen LogP contribution in [0.3, 0.4) is 0 Å². The molecule has 1 aromatic heterocycles. The fraction of sp³-hybridized carbons (Fsp3) is 0.500. The molecule has 1 unspecified atom stereocenters. The van der Waals surface area contributed by atoms with Crippen molar-refractivity contribution >= 4 is 11.5 Å². The van der Waals surface area contributed by atoms with Gasteiger partial charge in [0.2, 0.25) is 0 Å². The highest BCUT2D eigenvalue weighted by atomic mass is 32.1. The van der Waals surface area contributed by atoms with Crippen LogP contribution in [0.2, 0.25) is 0 Å². The Kier molecular flexibility index (Phi) is 2.94. The molecular formula is C8H13N3S. The molecule has 0 spiro atoms. The second kappa shape index (κ2) is 3.78. The Hall–Kier alpha value is -0.740. The Labute approximate surface area is 76.5 Å². The molecule has 0 bridgehead atoms. The first-order chi connectivity index (χ1) is 5.61. The summed E-state index contributed by atoms with van der Waals surface area (Å²) in [4.78, 5) is 1.07. The number of hydrogen-bond donors (Lipinski definition) is 1. The highest BCUT2D eigenvalue weighted by Crippen LogP contribution is 2.22. The summed E-state index contributed by atoms with van der Waals surface area (Å²) in [6.07, 6.45) is 0.810. The van der Waals surface area contributed by atoms with E-state index in [4.69, 9.17) is 5.73 Å². The average molecular weight is 183 g/mol. The predicted octanol–water partition coefficient (Wildman–Crippen LogP) is 1.81. The van der Waals surface area contributed by atoms with Crippen molar-refractivity contribution in [1.82, 2.24) is 9.59 Å². The standard InChI is InChI=1S/C8H13N3S/c1-5(2)4-7(9)8-6(3)10-11-12-8/h7H,1,4,9H2,2-3H3. The van der Waals surface area contributed by atoms with Crippen molar-refractivity contribution < 1.29 is 0 Å². The topological polar surface area (TPSA) is 51.8 Å². The Bertz CT molecular complexity index is 280. The van der Waals surface area contributed by atoms with Gasteiger partial charge < -0.3 is 5.73 Å². The van der Waals surface area contributed by atoms with Gasteiger partial charge in [-0.1, -0.05) is 10.1 Å². The Morgan fingerprint density at radius 1 is 1.75 bits per heavy atom. The van der Waals surface area contributed by atoms with Gasteiger partial charge in [0, 0.05) is 6.04 Å². The molecule has 0 aromatic carbocycles. The van der Waals surface area contributed by atoms with E-state index in [1.807, 2.05) is 13.8 Å². The number of aromatic nitrogens is 2. The molecule has 1 heterocycles. The normalized spacial score (nSPS) is 12.9. The van der Waals surface area contributed by atoms with Crippen LogP contribution in [0, 0.1) is 6.92 Å². The molecule has 0 aliphatic heterocycles. The lowest BCUT2D eigenvalue weighted by Gasteiger charge is -2.08. The van der Waals surface area contributed by atoms with Crippen molar-refractivity contribution in [2.45, 2.75) is 26.3 Å². The van der Waals surface area contributed by atoms with Gasteiger partial charge in [-0.15, -0.1) is 11.7 Å². The van der Waals surface area contributed by atoms with E-state index in [1.165, 1.54) is 11.5 Å². The molecule has 1 aromatic rings. The van der Waals surface area contributed by atoms with Gasteiger partial charge in [-0.25, -0.2) is 0 Å². The fourth-order valence-electron chi connectivity index (χ4n) is 1.05. The van der Waals surface area contributed by atoms with Gasteiger partial charge in [-0.05, 0) is 31.8 Å². The van der Waals surface area contributed by atoms with Crippen molar-refractivity contribution in [3.8, 4) is 0 Å². The van der Waals surface area contributed by atoms with E-state index >= 15 is 0 Å². The summed E-state index contributed by atoms with van der Waals surface area (Å²) >= 11 is 1.37. The first kappa shape index (κ1) is 9.35. The first-order valence-corrected chi connectivity index (χ1v) is 4.57.